The maximum absolute atomic E-state index is 12.2. The first-order chi connectivity index (χ1) is 8.72. The van der Waals surface area contributed by atoms with Crippen LogP contribution in [0.4, 0.5) is 0 Å². The predicted molar refractivity (Wildman–Crippen MR) is 74.0 cm³/mol. The van der Waals surface area contributed by atoms with Crippen molar-refractivity contribution in [3.63, 3.8) is 0 Å². The van der Waals surface area contributed by atoms with Gasteiger partial charge in [0.25, 0.3) is 0 Å². The van der Waals surface area contributed by atoms with E-state index in [1.165, 1.54) is 10.4 Å². The fourth-order valence-corrected chi connectivity index (χ4v) is 3.72. The number of aryl methyl sites for hydroxylation is 1. The van der Waals surface area contributed by atoms with Gasteiger partial charge in [-0.05, 0) is 30.4 Å². The molecule has 2 aromatic heterocycles. The lowest BCUT2D eigenvalue weighted by Crippen LogP contribution is -2.36. The van der Waals surface area contributed by atoms with Crippen molar-refractivity contribution in [2.75, 3.05) is 6.54 Å². The molecule has 1 amide bonds. The zero-order chi connectivity index (χ0) is 12.5. The zero-order valence-electron chi connectivity index (χ0n) is 10.2. The Morgan fingerprint density at radius 1 is 1.50 bits per heavy atom. The number of hydrogen-bond acceptors (Lipinski definition) is 4. The van der Waals surface area contributed by atoms with Crippen molar-refractivity contribution in [1.29, 1.82) is 0 Å². The second-order valence-electron chi connectivity index (χ2n) is 4.47. The quantitative estimate of drug-likeness (QED) is 0.846. The summed E-state index contributed by atoms with van der Waals surface area (Å²) in [6.45, 7) is 3.58. The maximum atomic E-state index is 12.2. The van der Waals surface area contributed by atoms with E-state index in [-0.39, 0.29) is 5.91 Å². The average Bonchev–Trinajstić information content (AvgIpc) is 2.96. The molecule has 0 saturated heterocycles. The second kappa shape index (κ2) is 4.82. The topological polar surface area (TPSA) is 33.2 Å². The molecule has 0 unspecified atom stereocenters. The standard InChI is InChI=1S/C13H14N2OS2/c1-9-14-11(8-18-9)6-13(16)15-4-2-12-10(7-15)3-5-17-12/h3,5,8H,2,4,6-7H2,1H3. The Bertz CT molecular complexity index is 573. The fraction of sp³-hybridized carbons (Fsp3) is 0.385. The number of carbonyl (C=O) groups is 1. The molecule has 2 aromatic rings. The number of carbonyl (C=O) groups excluding carboxylic acids is 1. The number of nitrogens with zero attached hydrogens (tertiary/aromatic N) is 2. The molecule has 0 N–H and O–H groups in total. The third kappa shape index (κ3) is 2.33. The highest BCUT2D eigenvalue weighted by Gasteiger charge is 2.21. The van der Waals surface area contributed by atoms with Gasteiger partial charge in [-0.15, -0.1) is 22.7 Å². The third-order valence-corrected chi connectivity index (χ3v) is 5.00. The van der Waals surface area contributed by atoms with E-state index in [0.29, 0.717) is 6.42 Å². The van der Waals surface area contributed by atoms with E-state index >= 15 is 0 Å². The Morgan fingerprint density at radius 3 is 3.17 bits per heavy atom. The molecule has 0 saturated carbocycles. The first kappa shape index (κ1) is 11.9. The molecule has 18 heavy (non-hydrogen) atoms. The minimum atomic E-state index is 0.192. The minimum Gasteiger partial charge on any atom is -0.338 e. The SMILES string of the molecule is Cc1nc(CC(=O)N2CCc3sccc3C2)cs1. The molecule has 5 heteroatoms. The van der Waals surface area contributed by atoms with Crippen LogP contribution in [0.15, 0.2) is 16.8 Å². The van der Waals surface area contributed by atoms with Crippen LogP contribution in [0.3, 0.4) is 0 Å². The Balaban J connectivity index is 1.67. The summed E-state index contributed by atoms with van der Waals surface area (Å²) in [5.74, 6) is 0.192. The number of thiophene rings is 1. The molecular formula is C13H14N2OS2. The molecule has 0 bridgehead atoms. The summed E-state index contributed by atoms with van der Waals surface area (Å²) in [5, 5.41) is 5.12. The lowest BCUT2D eigenvalue weighted by molar-refractivity contribution is -0.131. The summed E-state index contributed by atoms with van der Waals surface area (Å²) in [5.41, 5.74) is 2.22. The molecule has 0 atom stereocenters. The van der Waals surface area contributed by atoms with Crippen molar-refractivity contribution in [3.8, 4) is 0 Å². The van der Waals surface area contributed by atoms with Crippen molar-refractivity contribution < 1.29 is 4.79 Å². The third-order valence-electron chi connectivity index (χ3n) is 3.16. The zero-order valence-corrected chi connectivity index (χ0v) is 11.8. The first-order valence-corrected chi connectivity index (χ1v) is 7.72. The van der Waals surface area contributed by atoms with Crippen molar-refractivity contribution in [3.05, 3.63) is 38.0 Å². The van der Waals surface area contributed by atoms with Crippen LogP contribution >= 0.6 is 22.7 Å². The molecule has 1 aliphatic rings. The molecule has 0 aliphatic carbocycles. The Kier molecular flexibility index (Phi) is 3.18. The Labute approximate surface area is 114 Å². The van der Waals surface area contributed by atoms with E-state index in [0.717, 1.165) is 30.2 Å². The van der Waals surface area contributed by atoms with Gasteiger partial charge in [-0.2, -0.15) is 0 Å². The van der Waals surface area contributed by atoms with E-state index in [9.17, 15) is 4.79 Å². The molecule has 0 spiro atoms. The van der Waals surface area contributed by atoms with Gasteiger partial charge in [0.15, 0.2) is 0 Å². The van der Waals surface area contributed by atoms with Crippen molar-refractivity contribution in [1.82, 2.24) is 9.88 Å². The van der Waals surface area contributed by atoms with E-state index in [1.807, 2.05) is 17.2 Å². The van der Waals surface area contributed by atoms with Crippen LogP contribution < -0.4 is 0 Å². The summed E-state index contributed by atoms with van der Waals surface area (Å²) >= 11 is 3.40. The molecule has 3 nitrogen and oxygen atoms in total. The number of hydrogen-bond donors (Lipinski definition) is 0. The van der Waals surface area contributed by atoms with Crippen LogP contribution in [-0.4, -0.2) is 22.3 Å². The van der Waals surface area contributed by atoms with Gasteiger partial charge in [-0.3, -0.25) is 4.79 Å². The van der Waals surface area contributed by atoms with Gasteiger partial charge < -0.3 is 4.90 Å². The summed E-state index contributed by atoms with van der Waals surface area (Å²) < 4.78 is 0. The van der Waals surface area contributed by atoms with Gasteiger partial charge in [0, 0.05) is 23.3 Å². The van der Waals surface area contributed by atoms with Gasteiger partial charge in [0.1, 0.15) is 0 Å². The summed E-state index contributed by atoms with van der Waals surface area (Å²) in [7, 11) is 0. The van der Waals surface area contributed by atoms with Crippen LogP contribution in [0.5, 0.6) is 0 Å². The van der Waals surface area contributed by atoms with Crippen molar-refractivity contribution >= 4 is 28.6 Å². The van der Waals surface area contributed by atoms with Crippen LogP contribution in [0.25, 0.3) is 0 Å². The van der Waals surface area contributed by atoms with Gasteiger partial charge >= 0.3 is 0 Å². The number of amides is 1. The minimum absolute atomic E-state index is 0.192. The van der Waals surface area contributed by atoms with E-state index in [4.69, 9.17) is 0 Å². The van der Waals surface area contributed by atoms with Crippen molar-refractivity contribution in [2.45, 2.75) is 26.3 Å². The molecular weight excluding hydrogens is 264 g/mol. The van der Waals surface area contributed by atoms with Crippen LogP contribution in [-0.2, 0) is 24.2 Å². The normalized spacial score (nSPS) is 14.6. The maximum Gasteiger partial charge on any atom is 0.228 e. The van der Waals surface area contributed by atoms with Gasteiger partial charge in [0.05, 0.1) is 17.1 Å². The highest BCUT2D eigenvalue weighted by atomic mass is 32.1. The van der Waals surface area contributed by atoms with E-state index < -0.39 is 0 Å². The predicted octanol–water partition coefficient (Wildman–Crippen LogP) is 2.64. The molecule has 0 aromatic carbocycles. The molecule has 0 fully saturated rings. The van der Waals surface area contributed by atoms with E-state index in [2.05, 4.69) is 16.4 Å². The van der Waals surface area contributed by atoms with Gasteiger partial charge in [0.2, 0.25) is 5.91 Å². The average molecular weight is 278 g/mol. The highest BCUT2D eigenvalue weighted by molar-refractivity contribution is 7.10. The summed E-state index contributed by atoms with van der Waals surface area (Å²) in [6, 6.07) is 2.13. The lowest BCUT2D eigenvalue weighted by Gasteiger charge is -2.26. The molecule has 3 heterocycles. The number of thiazole rings is 1. The van der Waals surface area contributed by atoms with Crippen molar-refractivity contribution in [2.24, 2.45) is 0 Å². The lowest BCUT2D eigenvalue weighted by atomic mass is 10.1. The monoisotopic (exact) mass is 278 g/mol. The summed E-state index contributed by atoms with van der Waals surface area (Å²) in [6.07, 6.45) is 1.43. The number of aromatic nitrogens is 1. The van der Waals surface area contributed by atoms with Gasteiger partial charge in [-0.1, -0.05) is 0 Å². The van der Waals surface area contributed by atoms with Crippen LogP contribution in [0.2, 0.25) is 0 Å². The summed E-state index contributed by atoms with van der Waals surface area (Å²) in [4.78, 5) is 19.9. The molecule has 1 aliphatic heterocycles. The number of fused-ring (bicyclic) bond motifs is 1. The van der Waals surface area contributed by atoms with Crippen LogP contribution in [0, 0.1) is 6.92 Å². The molecule has 94 valence electrons. The second-order valence-corrected chi connectivity index (χ2v) is 6.53. The van der Waals surface area contributed by atoms with Crippen LogP contribution in [0.1, 0.15) is 21.1 Å². The fourth-order valence-electron chi connectivity index (χ4n) is 2.22. The molecule has 3 rings (SSSR count). The smallest absolute Gasteiger partial charge is 0.228 e. The van der Waals surface area contributed by atoms with E-state index in [1.54, 1.807) is 22.7 Å². The van der Waals surface area contributed by atoms with Gasteiger partial charge in [-0.25, -0.2) is 4.98 Å². The Hall–Kier alpha value is -1.20. The molecule has 0 radical (unpaired) electrons. The number of rotatable bonds is 2. The highest BCUT2D eigenvalue weighted by Crippen LogP contribution is 2.24. The Morgan fingerprint density at radius 2 is 2.39 bits per heavy atom. The first-order valence-electron chi connectivity index (χ1n) is 5.96. The largest absolute Gasteiger partial charge is 0.338 e.